The molecular formula is C15H17N3O4. The van der Waals surface area contributed by atoms with E-state index in [1.807, 2.05) is 18.2 Å². The minimum Gasteiger partial charge on any atom is -0.486 e. The highest BCUT2D eigenvalue weighted by atomic mass is 16.5. The van der Waals surface area contributed by atoms with Crippen LogP contribution in [0.1, 0.15) is 16.3 Å². The summed E-state index contributed by atoms with van der Waals surface area (Å²) in [4.78, 5) is 19.3. The van der Waals surface area contributed by atoms with E-state index in [1.165, 1.54) is 6.07 Å². The minimum absolute atomic E-state index is 0.0819. The van der Waals surface area contributed by atoms with Crippen LogP contribution in [0.3, 0.4) is 0 Å². The Morgan fingerprint density at radius 1 is 1.27 bits per heavy atom. The summed E-state index contributed by atoms with van der Waals surface area (Å²) in [5, 5.41) is 12.1. The molecule has 0 atom stereocenters. The van der Waals surface area contributed by atoms with E-state index < -0.39 is 5.97 Å². The van der Waals surface area contributed by atoms with Crippen molar-refractivity contribution in [2.24, 2.45) is 0 Å². The number of aromatic nitrogens is 2. The fourth-order valence-corrected chi connectivity index (χ4v) is 1.71. The maximum absolute atomic E-state index is 11.1. The average Bonchev–Trinajstić information content (AvgIpc) is 2.54. The second-order valence-corrected chi connectivity index (χ2v) is 4.38. The fourth-order valence-electron chi connectivity index (χ4n) is 1.71. The van der Waals surface area contributed by atoms with Crippen molar-refractivity contribution >= 4 is 11.8 Å². The van der Waals surface area contributed by atoms with Gasteiger partial charge in [-0.3, -0.25) is 0 Å². The first-order valence-electron chi connectivity index (χ1n) is 6.71. The first-order valence-corrected chi connectivity index (χ1v) is 6.71. The Balaban J connectivity index is 2.09. The summed E-state index contributed by atoms with van der Waals surface area (Å²) in [5.41, 5.74) is -0.0819. The molecule has 2 rings (SSSR count). The molecule has 0 aliphatic carbocycles. The van der Waals surface area contributed by atoms with Gasteiger partial charge in [0.15, 0.2) is 11.5 Å². The van der Waals surface area contributed by atoms with Gasteiger partial charge in [-0.05, 0) is 12.1 Å². The number of ether oxygens (including phenoxy) is 2. The highest BCUT2D eigenvalue weighted by molar-refractivity contribution is 5.86. The molecule has 0 aliphatic heterocycles. The Morgan fingerprint density at radius 2 is 2.05 bits per heavy atom. The van der Waals surface area contributed by atoms with Gasteiger partial charge in [-0.15, -0.1) is 0 Å². The lowest BCUT2D eigenvalue weighted by molar-refractivity contribution is 0.0689. The maximum Gasteiger partial charge on any atom is 0.354 e. The molecule has 2 N–H and O–H groups in total. The van der Waals surface area contributed by atoms with Crippen molar-refractivity contribution in [2.75, 3.05) is 25.6 Å². The number of para-hydroxylation sites is 1. The van der Waals surface area contributed by atoms with Gasteiger partial charge in [0.05, 0.1) is 6.61 Å². The lowest BCUT2D eigenvalue weighted by Crippen LogP contribution is -2.14. The topological polar surface area (TPSA) is 93.6 Å². The number of aromatic carboxylic acids is 1. The molecule has 1 aromatic carbocycles. The Labute approximate surface area is 127 Å². The number of carboxylic acids is 1. The van der Waals surface area contributed by atoms with E-state index >= 15 is 0 Å². The number of carboxylic acid groups (broad SMARTS) is 1. The molecule has 116 valence electrons. The van der Waals surface area contributed by atoms with Gasteiger partial charge in [0.2, 0.25) is 0 Å². The van der Waals surface area contributed by atoms with E-state index in [2.05, 4.69) is 15.3 Å². The van der Waals surface area contributed by atoms with Crippen LogP contribution in [-0.2, 0) is 11.3 Å². The molecule has 2 aromatic rings. The second-order valence-electron chi connectivity index (χ2n) is 4.38. The highest BCUT2D eigenvalue weighted by Crippen LogP contribution is 2.12. The molecule has 0 spiro atoms. The maximum atomic E-state index is 11.1. The number of rotatable bonds is 8. The molecule has 0 fully saturated rings. The third kappa shape index (κ3) is 4.71. The van der Waals surface area contributed by atoms with Crippen molar-refractivity contribution < 1.29 is 19.4 Å². The normalized spacial score (nSPS) is 10.2. The lowest BCUT2D eigenvalue weighted by Gasteiger charge is -2.09. The molecule has 0 saturated heterocycles. The number of anilines is 1. The van der Waals surface area contributed by atoms with Crippen LogP contribution < -0.4 is 10.1 Å². The molecule has 7 nitrogen and oxygen atoms in total. The van der Waals surface area contributed by atoms with Crippen molar-refractivity contribution in [1.29, 1.82) is 0 Å². The molecule has 7 heteroatoms. The van der Waals surface area contributed by atoms with Gasteiger partial charge in [0.1, 0.15) is 18.2 Å². The molecular weight excluding hydrogens is 286 g/mol. The zero-order chi connectivity index (χ0) is 15.8. The Hall–Kier alpha value is -2.67. The number of benzene rings is 1. The third-order valence-corrected chi connectivity index (χ3v) is 2.72. The number of nitrogens with zero attached hydrogens (tertiary/aromatic N) is 2. The zero-order valence-electron chi connectivity index (χ0n) is 12.2. The summed E-state index contributed by atoms with van der Waals surface area (Å²) in [5.74, 6) is 0.277. The van der Waals surface area contributed by atoms with Crippen molar-refractivity contribution in [3.8, 4) is 5.75 Å². The van der Waals surface area contributed by atoms with Crippen LogP contribution in [0.2, 0.25) is 0 Å². The summed E-state index contributed by atoms with van der Waals surface area (Å²) in [6.07, 6.45) is 0. The van der Waals surface area contributed by atoms with Gasteiger partial charge in [-0.2, -0.15) is 0 Å². The van der Waals surface area contributed by atoms with Gasteiger partial charge in [0.25, 0.3) is 0 Å². The standard InChI is InChI=1S/C15H17N3O4/c1-21-8-7-16-13-9-12(15(19)20)17-14(18-13)10-22-11-5-3-2-4-6-11/h2-6,9H,7-8,10H2,1H3,(H,19,20)(H,16,17,18). The van der Waals surface area contributed by atoms with Crippen molar-refractivity contribution in [3.05, 3.63) is 47.9 Å². The van der Waals surface area contributed by atoms with Crippen LogP contribution >= 0.6 is 0 Å². The molecule has 0 bridgehead atoms. The quantitative estimate of drug-likeness (QED) is 0.718. The van der Waals surface area contributed by atoms with E-state index in [9.17, 15) is 4.79 Å². The van der Waals surface area contributed by atoms with Gasteiger partial charge < -0.3 is 19.9 Å². The fraction of sp³-hybridized carbons (Fsp3) is 0.267. The number of nitrogens with one attached hydrogen (secondary N) is 1. The number of carbonyl (C=O) groups is 1. The largest absolute Gasteiger partial charge is 0.486 e. The van der Waals surface area contributed by atoms with E-state index in [1.54, 1.807) is 19.2 Å². The Kier molecular flexibility index (Phi) is 5.67. The molecule has 22 heavy (non-hydrogen) atoms. The van der Waals surface area contributed by atoms with Crippen LogP contribution in [0, 0.1) is 0 Å². The molecule has 1 aromatic heterocycles. The second kappa shape index (κ2) is 7.94. The van der Waals surface area contributed by atoms with Crippen LogP contribution in [0.25, 0.3) is 0 Å². The Bertz CT molecular complexity index is 619. The van der Waals surface area contributed by atoms with Crippen molar-refractivity contribution in [3.63, 3.8) is 0 Å². The van der Waals surface area contributed by atoms with Crippen LogP contribution in [-0.4, -0.2) is 41.3 Å². The van der Waals surface area contributed by atoms with Crippen LogP contribution in [0.5, 0.6) is 5.75 Å². The molecule has 0 unspecified atom stereocenters. The van der Waals surface area contributed by atoms with Crippen molar-refractivity contribution in [2.45, 2.75) is 6.61 Å². The number of hydrogen-bond donors (Lipinski definition) is 2. The average molecular weight is 303 g/mol. The van der Waals surface area contributed by atoms with Gasteiger partial charge in [-0.1, -0.05) is 18.2 Å². The van der Waals surface area contributed by atoms with E-state index in [-0.39, 0.29) is 12.3 Å². The number of hydrogen-bond acceptors (Lipinski definition) is 6. The molecule has 0 aliphatic rings. The first kappa shape index (κ1) is 15.7. The predicted molar refractivity (Wildman–Crippen MR) is 80.1 cm³/mol. The summed E-state index contributed by atoms with van der Waals surface area (Å²) >= 11 is 0. The molecule has 0 radical (unpaired) electrons. The van der Waals surface area contributed by atoms with E-state index in [0.29, 0.717) is 30.5 Å². The summed E-state index contributed by atoms with van der Waals surface area (Å²) in [6, 6.07) is 10.6. The molecule has 0 amide bonds. The van der Waals surface area contributed by atoms with Gasteiger partial charge in [0, 0.05) is 19.7 Å². The molecule has 1 heterocycles. The van der Waals surface area contributed by atoms with Gasteiger partial charge >= 0.3 is 5.97 Å². The summed E-state index contributed by atoms with van der Waals surface area (Å²) in [7, 11) is 1.59. The zero-order valence-corrected chi connectivity index (χ0v) is 12.2. The summed E-state index contributed by atoms with van der Waals surface area (Å²) < 4.78 is 10.5. The van der Waals surface area contributed by atoms with Crippen LogP contribution in [0.15, 0.2) is 36.4 Å². The van der Waals surface area contributed by atoms with E-state index in [4.69, 9.17) is 14.6 Å². The van der Waals surface area contributed by atoms with Gasteiger partial charge in [-0.25, -0.2) is 14.8 Å². The predicted octanol–water partition coefficient (Wildman–Crippen LogP) is 1.81. The molecule has 0 saturated carbocycles. The smallest absolute Gasteiger partial charge is 0.354 e. The third-order valence-electron chi connectivity index (χ3n) is 2.72. The Morgan fingerprint density at radius 3 is 2.73 bits per heavy atom. The lowest BCUT2D eigenvalue weighted by atomic mass is 10.3. The first-order chi connectivity index (χ1) is 10.7. The number of methoxy groups -OCH3 is 1. The van der Waals surface area contributed by atoms with E-state index in [0.717, 1.165) is 0 Å². The highest BCUT2D eigenvalue weighted by Gasteiger charge is 2.11. The summed E-state index contributed by atoms with van der Waals surface area (Å²) in [6.45, 7) is 1.10. The van der Waals surface area contributed by atoms with Crippen molar-refractivity contribution in [1.82, 2.24) is 9.97 Å². The monoisotopic (exact) mass is 303 g/mol. The van der Waals surface area contributed by atoms with Crippen LogP contribution in [0.4, 0.5) is 5.82 Å². The minimum atomic E-state index is -1.11. The SMILES string of the molecule is COCCNc1cc(C(=O)O)nc(COc2ccccc2)n1.